The van der Waals surface area contributed by atoms with E-state index in [0.29, 0.717) is 17.7 Å². The van der Waals surface area contributed by atoms with Crippen LogP contribution >= 0.6 is 0 Å². The molecular weight excluding hydrogens is 330 g/mol. The second-order valence-electron chi connectivity index (χ2n) is 6.69. The fourth-order valence-electron chi connectivity index (χ4n) is 4.04. The average Bonchev–Trinajstić information content (AvgIpc) is 3.10. The van der Waals surface area contributed by atoms with E-state index < -0.39 is 5.97 Å². The van der Waals surface area contributed by atoms with Crippen LogP contribution in [-0.2, 0) is 9.59 Å². The fourth-order valence-corrected chi connectivity index (χ4v) is 4.04. The number of fused-ring (bicyclic) bond motifs is 2. The van der Waals surface area contributed by atoms with Crippen molar-refractivity contribution in [1.29, 1.82) is 0 Å². The van der Waals surface area contributed by atoms with Crippen LogP contribution < -0.4 is 9.64 Å². The smallest absolute Gasteiger partial charge is 0.303 e. The SMILES string of the molecule is COc1ccc2c(c1)C(CC(=O)O)C/C2=C1/C(=O)N(C)c2ccccc21. The lowest BCUT2D eigenvalue weighted by Crippen LogP contribution is -2.20. The summed E-state index contributed by atoms with van der Waals surface area (Å²) in [5, 5.41) is 9.31. The Labute approximate surface area is 151 Å². The zero-order valence-corrected chi connectivity index (χ0v) is 14.7. The molecule has 0 spiro atoms. The number of carboxylic acids is 1. The first-order valence-electron chi connectivity index (χ1n) is 8.52. The average molecular weight is 349 g/mol. The number of aliphatic carboxylic acids is 1. The summed E-state index contributed by atoms with van der Waals surface area (Å²) in [7, 11) is 3.36. The number of anilines is 1. The van der Waals surface area contributed by atoms with E-state index in [-0.39, 0.29) is 18.2 Å². The Morgan fingerprint density at radius 3 is 2.73 bits per heavy atom. The molecule has 0 fully saturated rings. The molecule has 2 aromatic carbocycles. The number of carbonyl (C=O) groups excluding carboxylic acids is 1. The number of hydrogen-bond donors (Lipinski definition) is 1. The van der Waals surface area contributed by atoms with Crippen LogP contribution in [0.2, 0.25) is 0 Å². The standard InChI is InChI=1S/C21H19NO4/c1-22-18-6-4-3-5-15(18)20(21(22)25)17-9-12(10-19(23)24)16-11-13(26-2)7-8-14(16)17/h3-8,11-12H,9-10H2,1-2H3,(H,23,24)/b20-17-. The molecule has 1 heterocycles. The van der Waals surface area contributed by atoms with Crippen molar-refractivity contribution in [1.82, 2.24) is 0 Å². The summed E-state index contributed by atoms with van der Waals surface area (Å²) in [6.45, 7) is 0. The van der Waals surface area contributed by atoms with Crippen LogP contribution in [0.15, 0.2) is 42.5 Å². The van der Waals surface area contributed by atoms with Crippen molar-refractivity contribution in [3.8, 4) is 5.75 Å². The maximum atomic E-state index is 12.9. The second kappa shape index (κ2) is 6.02. The topological polar surface area (TPSA) is 66.8 Å². The van der Waals surface area contributed by atoms with Crippen molar-refractivity contribution >= 4 is 28.7 Å². The van der Waals surface area contributed by atoms with Gasteiger partial charge in [0.2, 0.25) is 0 Å². The van der Waals surface area contributed by atoms with Gasteiger partial charge in [0.1, 0.15) is 5.75 Å². The third kappa shape index (κ3) is 2.39. The second-order valence-corrected chi connectivity index (χ2v) is 6.69. The number of allylic oxidation sites excluding steroid dienone is 1. The highest BCUT2D eigenvalue weighted by Crippen LogP contribution is 2.50. The van der Waals surface area contributed by atoms with Crippen LogP contribution in [0.25, 0.3) is 11.1 Å². The quantitative estimate of drug-likeness (QED) is 0.861. The van der Waals surface area contributed by atoms with E-state index in [2.05, 4.69) is 0 Å². The first-order chi connectivity index (χ1) is 12.5. The summed E-state index contributed by atoms with van der Waals surface area (Å²) >= 11 is 0. The Balaban J connectivity index is 1.93. The molecule has 132 valence electrons. The lowest BCUT2D eigenvalue weighted by molar-refractivity contribution is -0.137. The molecule has 4 rings (SSSR count). The molecule has 0 saturated carbocycles. The third-order valence-corrected chi connectivity index (χ3v) is 5.25. The summed E-state index contributed by atoms with van der Waals surface area (Å²) in [6.07, 6.45) is 0.570. The minimum atomic E-state index is -0.842. The molecule has 2 aromatic rings. The predicted molar refractivity (Wildman–Crippen MR) is 99.3 cm³/mol. The Kier molecular flexibility index (Phi) is 3.80. The van der Waals surface area contributed by atoms with Gasteiger partial charge in [0.15, 0.2) is 0 Å². The lowest BCUT2D eigenvalue weighted by atomic mass is 9.96. The van der Waals surface area contributed by atoms with Gasteiger partial charge in [-0.3, -0.25) is 9.59 Å². The summed E-state index contributed by atoms with van der Waals surface area (Å²) in [4.78, 5) is 25.9. The first kappa shape index (κ1) is 16.4. The van der Waals surface area contributed by atoms with Crippen LogP contribution in [-0.4, -0.2) is 31.1 Å². The van der Waals surface area contributed by atoms with Gasteiger partial charge in [-0.25, -0.2) is 0 Å². The van der Waals surface area contributed by atoms with Gasteiger partial charge in [-0.05, 0) is 47.2 Å². The highest BCUT2D eigenvalue weighted by Gasteiger charge is 2.37. The Hall–Kier alpha value is -3.08. The molecule has 1 aliphatic carbocycles. The largest absolute Gasteiger partial charge is 0.497 e. The van der Waals surface area contributed by atoms with Crippen LogP contribution in [0, 0.1) is 0 Å². The van der Waals surface area contributed by atoms with E-state index in [9.17, 15) is 14.7 Å². The number of para-hydroxylation sites is 1. The van der Waals surface area contributed by atoms with E-state index in [0.717, 1.165) is 28.0 Å². The van der Waals surface area contributed by atoms with E-state index in [1.807, 2.05) is 42.5 Å². The van der Waals surface area contributed by atoms with Crippen molar-refractivity contribution in [3.05, 3.63) is 59.2 Å². The molecule has 26 heavy (non-hydrogen) atoms. The minimum Gasteiger partial charge on any atom is -0.497 e. The Morgan fingerprint density at radius 1 is 1.23 bits per heavy atom. The van der Waals surface area contributed by atoms with E-state index in [1.165, 1.54) is 0 Å². The van der Waals surface area contributed by atoms with Crippen LogP contribution in [0.5, 0.6) is 5.75 Å². The third-order valence-electron chi connectivity index (χ3n) is 5.25. The maximum absolute atomic E-state index is 12.9. The lowest BCUT2D eigenvalue weighted by Gasteiger charge is -2.09. The van der Waals surface area contributed by atoms with Crippen molar-refractivity contribution in [3.63, 3.8) is 0 Å². The Bertz CT molecular complexity index is 960. The number of benzene rings is 2. The highest BCUT2D eigenvalue weighted by atomic mass is 16.5. The molecule has 5 heteroatoms. The molecule has 1 N–H and O–H groups in total. The number of rotatable bonds is 3. The molecule has 0 bridgehead atoms. The number of ether oxygens (including phenoxy) is 1. The van der Waals surface area contributed by atoms with Gasteiger partial charge in [0, 0.05) is 12.6 Å². The van der Waals surface area contributed by atoms with E-state index >= 15 is 0 Å². The van der Waals surface area contributed by atoms with Gasteiger partial charge in [-0.15, -0.1) is 0 Å². The maximum Gasteiger partial charge on any atom is 0.303 e. The highest BCUT2D eigenvalue weighted by molar-refractivity contribution is 6.37. The molecule has 0 saturated heterocycles. The van der Waals surface area contributed by atoms with Crippen molar-refractivity contribution < 1.29 is 19.4 Å². The molecule has 1 unspecified atom stereocenters. The zero-order chi connectivity index (χ0) is 18.4. The summed E-state index contributed by atoms with van der Waals surface area (Å²) in [6, 6.07) is 13.4. The molecule has 1 amide bonds. The minimum absolute atomic E-state index is 0.0304. The number of nitrogens with zero attached hydrogens (tertiary/aromatic N) is 1. The molecule has 1 atom stereocenters. The predicted octanol–water partition coefficient (Wildman–Crippen LogP) is 3.54. The summed E-state index contributed by atoms with van der Waals surface area (Å²) < 4.78 is 5.31. The first-order valence-corrected chi connectivity index (χ1v) is 8.52. The van der Waals surface area contributed by atoms with Crippen molar-refractivity contribution in [2.24, 2.45) is 0 Å². The molecule has 1 aliphatic heterocycles. The molecule has 5 nitrogen and oxygen atoms in total. The van der Waals surface area contributed by atoms with Crippen LogP contribution in [0.1, 0.15) is 35.4 Å². The van der Waals surface area contributed by atoms with Crippen LogP contribution in [0.3, 0.4) is 0 Å². The zero-order valence-electron chi connectivity index (χ0n) is 14.7. The number of amides is 1. The fraction of sp³-hybridized carbons (Fsp3) is 0.238. The summed E-state index contributed by atoms with van der Waals surface area (Å²) in [5.41, 5.74) is 5.29. The van der Waals surface area contributed by atoms with Gasteiger partial charge >= 0.3 is 5.97 Å². The Morgan fingerprint density at radius 2 is 2.00 bits per heavy atom. The van der Waals surface area contributed by atoms with Crippen molar-refractivity contribution in [2.75, 3.05) is 19.1 Å². The molecular formula is C21H19NO4. The van der Waals surface area contributed by atoms with Gasteiger partial charge in [-0.2, -0.15) is 0 Å². The normalized spacial score (nSPS) is 20.9. The van der Waals surface area contributed by atoms with Crippen molar-refractivity contribution in [2.45, 2.75) is 18.8 Å². The van der Waals surface area contributed by atoms with Gasteiger partial charge in [-0.1, -0.05) is 24.3 Å². The number of methoxy groups -OCH3 is 1. The molecule has 0 aromatic heterocycles. The van der Waals surface area contributed by atoms with E-state index in [4.69, 9.17) is 4.74 Å². The number of hydrogen-bond acceptors (Lipinski definition) is 3. The van der Waals surface area contributed by atoms with E-state index in [1.54, 1.807) is 19.1 Å². The summed E-state index contributed by atoms with van der Waals surface area (Å²) in [5.74, 6) is -0.351. The number of likely N-dealkylation sites (N-methyl/N-ethyl adjacent to an activating group) is 1. The molecule has 0 radical (unpaired) electrons. The van der Waals surface area contributed by atoms with Crippen LogP contribution in [0.4, 0.5) is 5.69 Å². The van der Waals surface area contributed by atoms with Gasteiger partial charge in [0.25, 0.3) is 5.91 Å². The molecule has 2 aliphatic rings. The van der Waals surface area contributed by atoms with Gasteiger partial charge in [0.05, 0.1) is 24.8 Å². The van der Waals surface area contributed by atoms with Gasteiger partial charge < -0.3 is 14.7 Å². The number of carbonyl (C=O) groups is 2. The number of carboxylic acid groups (broad SMARTS) is 1. The monoisotopic (exact) mass is 349 g/mol.